The van der Waals surface area contributed by atoms with Crippen molar-refractivity contribution < 1.29 is 32.3 Å². The average molecular weight is 618 g/mol. The molecule has 1 fully saturated rings. The molecule has 1 aliphatic rings. The number of likely N-dealkylation sites (tertiary alicyclic amines) is 1. The van der Waals surface area contributed by atoms with E-state index >= 15 is 0 Å². The van der Waals surface area contributed by atoms with Crippen LogP contribution in [0.5, 0.6) is 0 Å². The van der Waals surface area contributed by atoms with Gasteiger partial charge in [0.2, 0.25) is 11.8 Å². The molecule has 0 unspecified atom stereocenters. The molecule has 0 bridgehead atoms. The number of aromatic nitrogens is 2. The number of carbonyl (C=O) groups is 4. The quantitative estimate of drug-likeness (QED) is 0.430. The Morgan fingerprint density at radius 2 is 1.63 bits per heavy atom. The summed E-state index contributed by atoms with van der Waals surface area (Å²) >= 11 is 12.1. The van der Waals surface area contributed by atoms with Crippen molar-refractivity contribution in [3.05, 3.63) is 45.7 Å². The van der Waals surface area contributed by atoms with Crippen molar-refractivity contribution in [2.45, 2.75) is 71.8 Å². The first-order valence-corrected chi connectivity index (χ1v) is 13.8. The van der Waals surface area contributed by atoms with Crippen LogP contribution in [0.15, 0.2) is 24.4 Å². The molecule has 2 N–H and O–H groups in total. The van der Waals surface area contributed by atoms with Crippen LogP contribution in [0.4, 0.5) is 13.2 Å². The number of hydrogen-bond donors (Lipinski definition) is 2. The van der Waals surface area contributed by atoms with Gasteiger partial charge in [0.25, 0.3) is 11.7 Å². The van der Waals surface area contributed by atoms with Crippen molar-refractivity contribution in [3.63, 3.8) is 0 Å². The monoisotopic (exact) mass is 617 g/mol. The zero-order chi connectivity index (χ0) is 30.8. The van der Waals surface area contributed by atoms with Gasteiger partial charge >= 0.3 is 6.18 Å². The summed E-state index contributed by atoms with van der Waals surface area (Å²) in [4.78, 5) is 53.0. The van der Waals surface area contributed by atoms with Crippen molar-refractivity contribution in [1.82, 2.24) is 25.3 Å². The molecular formula is C27H32Cl2F3N5O4. The molecule has 9 nitrogen and oxygen atoms in total. The first-order valence-electron chi connectivity index (χ1n) is 13.1. The highest BCUT2D eigenvalue weighted by atomic mass is 35.5. The average Bonchev–Trinajstić information content (AvgIpc) is 3.52. The van der Waals surface area contributed by atoms with Gasteiger partial charge in [0.05, 0.1) is 39.2 Å². The summed E-state index contributed by atoms with van der Waals surface area (Å²) in [6.07, 6.45) is -3.13. The Morgan fingerprint density at radius 1 is 1.00 bits per heavy atom. The Kier molecular flexibility index (Phi) is 10.1. The molecule has 1 aliphatic heterocycles. The Balaban J connectivity index is 1.78. The number of Topliss-reactive ketones (excluding diaryl/α,β-unsaturated/α-hetero) is 1. The second kappa shape index (κ2) is 12.8. The van der Waals surface area contributed by atoms with E-state index in [-0.39, 0.29) is 18.5 Å². The molecule has 2 heterocycles. The second-order valence-electron chi connectivity index (χ2n) is 10.6. The van der Waals surface area contributed by atoms with Gasteiger partial charge in [0.15, 0.2) is 0 Å². The maximum Gasteiger partial charge on any atom is 0.452 e. The predicted molar refractivity (Wildman–Crippen MR) is 147 cm³/mol. The molecular weight excluding hydrogens is 586 g/mol. The molecule has 0 spiro atoms. The molecule has 1 aromatic carbocycles. The minimum absolute atomic E-state index is 0.170. The van der Waals surface area contributed by atoms with Crippen molar-refractivity contribution in [3.8, 4) is 5.69 Å². The van der Waals surface area contributed by atoms with E-state index < -0.39 is 59.6 Å². The number of benzene rings is 1. The van der Waals surface area contributed by atoms with Crippen LogP contribution in [0.3, 0.4) is 0 Å². The number of amides is 3. The normalized spacial score (nSPS) is 17.1. The Morgan fingerprint density at radius 3 is 2.20 bits per heavy atom. The van der Waals surface area contributed by atoms with Gasteiger partial charge in [-0.05, 0) is 49.8 Å². The molecule has 3 amide bonds. The fourth-order valence-electron chi connectivity index (χ4n) is 4.68. The lowest BCUT2D eigenvalue weighted by molar-refractivity contribution is -0.175. The zero-order valence-electron chi connectivity index (χ0n) is 23.2. The van der Waals surface area contributed by atoms with E-state index in [1.54, 1.807) is 39.0 Å². The third-order valence-electron chi connectivity index (χ3n) is 6.99. The molecule has 224 valence electrons. The van der Waals surface area contributed by atoms with E-state index in [0.29, 0.717) is 27.8 Å². The summed E-state index contributed by atoms with van der Waals surface area (Å²) in [5, 5.41) is 9.85. The third kappa shape index (κ3) is 7.21. The minimum atomic E-state index is -5.12. The minimum Gasteiger partial charge on any atom is -0.344 e. The van der Waals surface area contributed by atoms with Gasteiger partial charge in [-0.1, -0.05) is 50.9 Å². The topological polar surface area (TPSA) is 113 Å². The summed E-state index contributed by atoms with van der Waals surface area (Å²) in [5.41, 5.74) is 1.25. The van der Waals surface area contributed by atoms with Gasteiger partial charge in [-0.15, -0.1) is 0 Å². The van der Waals surface area contributed by atoms with E-state index in [1.165, 1.54) is 29.6 Å². The Hall–Kier alpha value is -3.12. The van der Waals surface area contributed by atoms with Crippen LogP contribution in [0.1, 0.15) is 56.6 Å². The van der Waals surface area contributed by atoms with E-state index in [9.17, 15) is 32.3 Å². The summed E-state index contributed by atoms with van der Waals surface area (Å²) < 4.78 is 40.8. The maximum atomic E-state index is 13.6. The van der Waals surface area contributed by atoms with E-state index in [2.05, 4.69) is 15.7 Å². The lowest BCUT2D eigenvalue weighted by Crippen LogP contribution is -2.58. The number of ketones is 1. The first-order chi connectivity index (χ1) is 19.0. The van der Waals surface area contributed by atoms with Crippen molar-refractivity contribution in [2.24, 2.45) is 11.8 Å². The SMILES string of the molecule is Cc1c(C(=O)N[C@H](C(=O)N2CCC[C@H]2C(=O)N[C@H](C(=O)C(F)(F)F)C(C)C)C(C)C)cnn1-c1ccc(Cl)c(Cl)c1. The number of halogens is 5. The lowest BCUT2D eigenvalue weighted by atomic mass is 9.98. The van der Waals surface area contributed by atoms with Gasteiger partial charge in [0.1, 0.15) is 12.1 Å². The first kappa shape index (κ1) is 32.4. The van der Waals surface area contributed by atoms with Crippen molar-refractivity contribution in [1.29, 1.82) is 0 Å². The Bertz CT molecular complexity index is 1330. The van der Waals surface area contributed by atoms with Gasteiger partial charge in [-0.25, -0.2) is 4.68 Å². The largest absolute Gasteiger partial charge is 0.452 e. The molecule has 1 aromatic heterocycles. The van der Waals surface area contributed by atoms with Gasteiger partial charge in [-0.3, -0.25) is 19.2 Å². The van der Waals surface area contributed by atoms with E-state index in [1.807, 2.05) is 0 Å². The number of rotatable bonds is 9. The van der Waals surface area contributed by atoms with Crippen LogP contribution >= 0.6 is 23.2 Å². The molecule has 41 heavy (non-hydrogen) atoms. The van der Waals surface area contributed by atoms with Crippen LogP contribution in [-0.2, 0) is 14.4 Å². The number of hydrogen-bond acceptors (Lipinski definition) is 5. The number of nitrogens with one attached hydrogen (secondary N) is 2. The smallest absolute Gasteiger partial charge is 0.344 e. The summed E-state index contributed by atoms with van der Waals surface area (Å²) in [7, 11) is 0. The summed E-state index contributed by atoms with van der Waals surface area (Å²) in [6, 6.07) is 0.968. The van der Waals surface area contributed by atoms with Gasteiger partial charge in [-0.2, -0.15) is 18.3 Å². The van der Waals surface area contributed by atoms with Crippen LogP contribution < -0.4 is 10.6 Å². The molecule has 1 saturated heterocycles. The number of alkyl halides is 3. The molecule has 0 aliphatic carbocycles. The highest BCUT2D eigenvalue weighted by Gasteiger charge is 2.46. The summed E-state index contributed by atoms with van der Waals surface area (Å²) in [6.45, 7) is 8.06. The van der Waals surface area contributed by atoms with Gasteiger partial charge in [0, 0.05) is 6.54 Å². The molecule has 3 atom stereocenters. The molecule has 3 rings (SSSR count). The van der Waals surface area contributed by atoms with Crippen molar-refractivity contribution >= 4 is 46.7 Å². The standard InChI is InChI=1S/C27H32Cl2F3N5O4/c1-13(2)21(23(38)27(30,31)32)34-25(40)20-7-6-10-36(20)26(41)22(14(3)4)35-24(39)17-12-33-37(15(17)5)16-8-9-18(28)19(29)11-16/h8-9,11-14,20-22H,6-7,10H2,1-5H3,(H,34,40)(H,35,39)/t20-,21-,22-/m0/s1. The van der Waals surface area contributed by atoms with Crippen LogP contribution in [0.2, 0.25) is 10.0 Å². The van der Waals surface area contributed by atoms with E-state index in [4.69, 9.17) is 23.2 Å². The molecule has 2 aromatic rings. The highest BCUT2D eigenvalue weighted by molar-refractivity contribution is 6.42. The van der Waals surface area contributed by atoms with Crippen LogP contribution in [0.25, 0.3) is 5.69 Å². The Labute approximate surface area is 245 Å². The zero-order valence-corrected chi connectivity index (χ0v) is 24.7. The highest BCUT2D eigenvalue weighted by Crippen LogP contribution is 2.26. The summed E-state index contributed by atoms with van der Waals surface area (Å²) in [5.74, 6) is -5.24. The fourth-order valence-corrected chi connectivity index (χ4v) is 4.98. The molecule has 0 saturated carbocycles. The predicted octanol–water partition coefficient (Wildman–Crippen LogP) is 4.51. The van der Waals surface area contributed by atoms with E-state index in [0.717, 1.165) is 0 Å². The van der Waals surface area contributed by atoms with Crippen molar-refractivity contribution in [2.75, 3.05) is 6.54 Å². The third-order valence-corrected chi connectivity index (χ3v) is 7.73. The lowest BCUT2D eigenvalue weighted by Gasteiger charge is -2.31. The fraction of sp³-hybridized carbons (Fsp3) is 0.519. The van der Waals surface area contributed by atoms with Crippen LogP contribution in [0, 0.1) is 18.8 Å². The van der Waals surface area contributed by atoms with Crippen LogP contribution in [-0.4, -0.2) is 69.0 Å². The number of carbonyl (C=O) groups excluding carboxylic acids is 4. The molecule has 14 heteroatoms. The van der Waals surface area contributed by atoms with Gasteiger partial charge < -0.3 is 15.5 Å². The molecule has 0 radical (unpaired) electrons. The maximum absolute atomic E-state index is 13.6. The second-order valence-corrected chi connectivity index (χ2v) is 11.4. The number of nitrogens with zero attached hydrogens (tertiary/aromatic N) is 3.